The summed E-state index contributed by atoms with van der Waals surface area (Å²) in [6.07, 6.45) is 1.03. The average Bonchev–Trinajstić information content (AvgIpc) is 2.45. The Kier molecular flexibility index (Phi) is 4.99. The summed E-state index contributed by atoms with van der Waals surface area (Å²) in [6, 6.07) is 8.32. The van der Waals surface area contributed by atoms with Crippen LogP contribution in [0.3, 0.4) is 0 Å². The molecule has 0 radical (unpaired) electrons. The first-order valence-electron chi connectivity index (χ1n) is 7.99. The van der Waals surface area contributed by atoms with E-state index in [9.17, 15) is 4.79 Å². The van der Waals surface area contributed by atoms with Crippen LogP contribution in [0.4, 0.5) is 5.69 Å². The van der Waals surface area contributed by atoms with Crippen LogP contribution in [-0.4, -0.2) is 32.1 Å². The molecule has 1 amide bonds. The van der Waals surface area contributed by atoms with Crippen molar-refractivity contribution in [1.29, 1.82) is 0 Å². The predicted molar refractivity (Wildman–Crippen MR) is 90.4 cm³/mol. The normalized spacial score (nSPS) is 22.3. The fourth-order valence-electron chi connectivity index (χ4n) is 2.88. The van der Waals surface area contributed by atoms with E-state index < -0.39 is 0 Å². The van der Waals surface area contributed by atoms with Gasteiger partial charge in [0.15, 0.2) is 0 Å². The van der Waals surface area contributed by atoms with Gasteiger partial charge in [0.05, 0.1) is 7.11 Å². The number of hydrogen-bond donors (Lipinski definition) is 1. The van der Waals surface area contributed by atoms with Gasteiger partial charge in [-0.3, -0.25) is 4.79 Å². The Morgan fingerprint density at radius 2 is 2.05 bits per heavy atom. The lowest BCUT2D eigenvalue weighted by Crippen LogP contribution is -2.52. The second-order valence-corrected chi connectivity index (χ2v) is 7.37. The van der Waals surface area contributed by atoms with Crippen LogP contribution in [0.25, 0.3) is 0 Å². The highest BCUT2D eigenvalue weighted by molar-refractivity contribution is 5.81. The van der Waals surface area contributed by atoms with E-state index in [1.807, 2.05) is 32.9 Å². The second kappa shape index (κ2) is 6.59. The molecule has 0 aromatic heterocycles. The zero-order valence-electron chi connectivity index (χ0n) is 14.3. The summed E-state index contributed by atoms with van der Waals surface area (Å²) in [4.78, 5) is 14.6. The van der Waals surface area contributed by atoms with Crippen LogP contribution >= 0.6 is 0 Å². The Labute approximate surface area is 133 Å². The molecule has 122 valence electrons. The minimum atomic E-state index is -0.346. The number of carbonyl (C=O) groups excluding carboxylic acids is 1. The summed E-state index contributed by atoms with van der Waals surface area (Å²) in [5, 5.41) is 3.21. The van der Waals surface area contributed by atoms with Gasteiger partial charge in [0, 0.05) is 36.3 Å². The number of methoxy groups -OCH3 is 1. The monoisotopic (exact) mass is 304 g/mol. The van der Waals surface area contributed by atoms with Crippen LogP contribution in [0, 0.1) is 11.3 Å². The van der Waals surface area contributed by atoms with E-state index in [4.69, 9.17) is 4.74 Å². The maximum Gasteiger partial charge on any atom is 0.225 e. The molecule has 4 heteroatoms. The van der Waals surface area contributed by atoms with E-state index in [2.05, 4.69) is 29.3 Å². The third-order valence-electron chi connectivity index (χ3n) is 4.09. The summed E-state index contributed by atoms with van der Waals surface area (Å²) >= 11 is 0. The molecule has 22 heavy (non-hydrogen) atoms. The standard InChI is InChI=1S/C18H28N2O2/c1-13-9-14(19-17(21)18(2,3)4)12-20(11-13)15-7-6-8-16(10-15)22-5/h6-8,10,13-14H,9,11-12H2,1-5H3,(H,19,21). The molecule has 1 aliphatic heterocycles. The quantitative estimate of drug-likeness (QED) is 0.933. The van der Waals surface area contributed by atoms with Crippen molar-refractivity contribution in [3.63, 3.8) is 0 Å². The number of nitrogens with zero attached hydrogens (tertiary/aromatic N) is 1. The lowest BCUT2D eigenvalue weighted by Gasteiger charge is -2.39. The SMILES string of the molecule is COc1cccc(N2CC(C)CC(NC(=O)C(C)(C)C)C2)c1. The topological polar surface area (TPSA) is 41.6 Å². The number of ether oxygens (including phenoxy) is 1. The molecule has 0 bridgehead atoms. The Bertz CT molecular complexity index is 522. The molecule has 2 rings (SSSR count). The third-order valence-corrected chi connectivity index (χ3v) is 4.09. The van der Waals surface area contributed by atoms with Gasteiger partial charge in [0.2, 0.25) is 5.91 Å². The molecule has 1 saturated heterocycles. The number of anilines is 1. The molecule has 1 aromatic rings. The van der Waals surface area contributed by atoms with E-state index in [1.54, 1.807) is 7.11 Å². The average molecular weight is 304 g/mol. The fraction of sp³-hybridized carbons (Fsp3) is 0.611. The van der Waals surface area contributed by atoms with Crippen LogP contribution in [0.5, 0.6) is 5.75 Å². The number of benzene rings is 1. The van der Waals surface area contributed by atoms with Crippen LogP contribution in [0.1, 0.15) is 34.1 Å². The molecular formula is C18H28N2O2. The Morgan fingerprint density at radius 3 is 2.68 bits per heavy atom. The maximum atomic E-state index is 12.2. The molecule has 1 aromatic carbocycles. The zero-order valence-corrected chi connectivity index (χ0v) is 14.3. The summed E-state index contributed by atoms with van der Waals surface area (Å²) < 4.78 is 5.31. The first kappa shape index (κ1) is 16.7. The molecule has 0 aliphatic carbocycles. The highest BCUT2D eigenvalue weighted by Crippen LogP contribution is 2.26. The summed E-state index contributed by atoms with van der Waals surface area (Å²) in [5.74, 6) is 1.54. The van der Waals surface area contributed by atoms with Gasteiger partial charge >= 0.3 is 0 Å². The zero-order chi connectivity index (χ0) is 16.3. The molecule has 1 heterocycles. The van der Waals surface area contributed by atoms with Gasteiger partial charge in [-0.2, -0.15) is 0 Å². The van der Waals surface area contributed by atoms with Crippen LogP contribution in [0.15, 0.2) is 24.3 Å². The highest BCUT2D eigenvalue weighted by atomic mass is 16.5. The van der Waals surface area contributed by atoms with E-state index in [-0.39, 0.29) is 17.4 Å². The number of amides is 1. The van der Waals surface area contributed by atoms with Gasteiger partial charge < -0.3 is 15.0 Å². The molecule has 2 atom stereocenters. The minimum absolute atomic E-state index is 0.122. The van der Waals surface area contributed by atoms with Crippen LogP contribution in [0.2, 0.25) is 0 Å². The van der Waals surface area contributed by atoms with Crippen molar-refractivity contribution in [2.45, 2.75) is 40.2 Å². The Hall–Kier alpha value is -1.71. The summed E-state index contributed by atoms with van der Waals surface area (Å²) in [6.45, 7) is 9.95. The predicted octanol–water partition coefficient (Wildman–Crippen LogP) is 3.07. The molecule has 1 fully saturated rings. The van der Waals surface area contributed by atoms with E-state index in [0.29, 0.717) is 5.92 Å². The van der Waals surface area contributed by atoms with Crippen molar-refractivity contribution in [2.24, 2.45) is 11.3 Å². The van der Waals surface area contributed by atoms with Crippen molar-refractivity contribution >= 4 is 11.6 Å². The molecule has 1 N–H and O–H groups in total. The second-order valence-electron chi connectivity index (χ2n) is 7.37. The molecule has 4 nitrogen and oxygen atoms in total. The Morgan fingerprint density at radius 1 is 1.32 bits per heavy atom. The summed E-state index contributed by atoms with van der Waals surface area (Å²) in [7, 11) is 1.68. The van der Waals surface area contributed by atoms with Crippen molar-refractivity contribution in [3.05, 3.63) is 24.3 Å². The van der Waals surface area contributed by atoms with Gasteiger partial charge in [-0.25, -0.2) is 0 Å². The van der Waals surface area contributed by atoms with E-state index >= 15 is 0 Å². The van der Waals surface area contributed by atoms with E-state index in [1.165, 1.54) is 0 Å². The van der Waals surface area contributed by atoms with Crippen LogP contribution in [-0.2, 0) is 4.79 Å². The molecule has 0 saturated carbocycles. The number of piperidine rings is 1. The maximum absolute atomic E-state index is 12.2. The fourth-order valence-corrected chi connectivity index (χ4v) is 2.88. The minimum Gasteiger partial charge on any atom is -0.497 e. The van der Waals surface area contributed by atoms with Gasteiger partial charge in [-0.15, -0.1) is 0 Å². The molecule has 2 unspecified atom stereocenters. The van der Waals surface area contributed by atoms with Crippen LogP contribution < -0.4 is 15.0 Å². The number of hydrogen-bond acceptors (Lipinski definition) is 3. The first-order valence-corrected chi connectivity index (χ1v) is 7.99. The lowest BCUT2D eigenvalue weighted by atomic mass is 9.92. The third kappa shape index (κ3) is 4.15. The van der Waals surface area contributed by atoms with Crippen molar-refractivity contribution in [3.8, 4) is 5.75 Å². The Balaban J connectivity index is 2.09. The summed E-state index contributed by atoms with van der Waals surface area (Å²) in [5.41, 5.74) is 0.808. The van der Waals surface area contributed by atoms with Crippen molar-refractivity contribution < 1.29 is 9.53 Å². The van der Waals surface area contributed by atoms with Gasteiger partial charge in [-0.1, -0.05) is 33.8 Å². The lowest BCUT2D eigenvalue weighted by molar-refractivity contribution is -0.129. The highest BCUT2D eigenvalue weighted by Gasteiger charge is 2.29. The largest absolute Gasteiger partial charge is 0.497 e. The number of carbonyl (C=O) groups is 1. The molecular weight excluding hydrogens is 276 g/mol. The number of rotatable bonds is 3. The van der Waals surface area contributed by atoms with Gasteiger partial charge in [-0.05, 0) is 24.5 Å². The molecule has 1 aliphatic rings. The van der Waals surface area contributed by atoms with Crippen molar-refractivity contribution in [1.82, 2.24) is 5.32 Å². The van der Waals surface area contributed by atoms with Gasteiger partial charge in [0.1, 0.15) is 5.75 Å². The smallest absolute Gasteiger partial charge is 0.225 e. The molecule has 0 spiro atoms. The van der Waals surface area contributed by atoms with Crippen molar-refractivity contribution in [2.75, 3.05) is 25.1 Å². The van der Waals surface area contributed by atoms with Gasteiger partial charge in [0.25, 0.3) is 0 Å². The first-order chi connectivity index (χ1) is 10.3. The number of nitrogens with one attached hydrogen (secondary N) is 1. The van der Waals surface area contributed by atoms with E-state index in [0.717, 1.165) is 30.9 Å².